The second-order valence-corrected chi connectivity index (χ2v) is 8.12. The van der Waals surface area contributed by atoms with E-state index in [1.165, 1.54) is 30.6 Å². The van der Waals surface area contributed by atoms with E-state index in [-0.39, 0.29) is 11.6 Å². The molecule has 0 amide bonds. The standard InChI is InChI=1S/C16H15F2N3Si/c17-13-1-5-15(6-2-13)22(10-9-21-12-19-11-20-21)16-7-3-14(18)4-8-16/h1-8,11-12,22H,9-10H2. The van der Waals surface area contributed by atoms with Crippen molar-refractivity contribution in [2.45, 2.75) is 12.6 Å². The van der Waals surface area contributed by atoms with Crippen LogP contribution < -0.4 is 10.4 Å². The van der Waals surface area contributed by atoms with Crippen LogP contribution in [-0.2, 0) is 6.54 Å². The summed E-state index contributed by atoms with van der Waals surface area (Å²) in [6.07, 6.45) is 3.19. The lowest BCUT2D eigenvalue weighted by molar-refractivity contribution is 0.628. The minimum absolute atomic E-state index is 0.244. The molecular formula is C16H15F2N3Si. The summed E-state index contributed by atoms with van der Waals surface area (Å²) in [6.45, 7) is 0.742. The van der Waals surface area contributed by atoms with Gasteiger partial charge in [-0.2, -0.15) is 5.10 Å². The summed E-state index contributed by atoms with van der Waals surface area (Å²) < 4.78 is 28.1. The van der Waals surface area contributed by atoms with Crippen LogP contribution >= 0.6 is 0 Å². The summed E-state index contributed by atoms with van der Waals surface area (Å²) in [7, 11) is -1.56. The van der Waals surface area contributed by atoms with Crippen LogP contribution in [-0.4, -0.2) is 23.6 Å². The maximum atomic E-state index is 13.2. The van der Waals surface area contributed by atoms with Crippen LogP contribution in [0.1, 0.15) is 0 Å². The van der Waals surface area contributed by atoms with Gasteiger partial charge in [-0.15, -0.1) is 0 Å². The van der Waals surface area contributed by atoms with Crippen molar-refractivity contribution >= 4 is 19.2 Å². The Morgan fingerprint density at radius 1 is 0.864 bits per heavy atom. The Kier molecular flexibility index (Phi) is 4.39. The first-order valence-corrected chi connectivity index (χ1v) is 9.03. The minimum atomic E-state index is -1.56. The molecule has 1 heterocycles. The van der Waals surface area contributed by atoms with Gasteiger partial charge in [0.2, 0.25) is 0 Å². The van der Waals surface area contributed by atoms with E-state index in [9.17, 15) is 8.78 Å². The van der Waals surface area contributed by atoms with Crippen molar-refractivity contribution in [1.82, 2.24) is 14.8 Å². The fourth-order valence-electron chi connectivity index (χ4n) is 2.53. The van der Waals surface area contributed by atoms with Gasteiger partial charge in [0, 0.05) is 6.54 Å². The average Bonchev–Trinajstić information content (AvgIpc) is 3.04. The van der Waals surface area contributed by atoms with E-state index >= 15 is 0 Å². The van der Waals surface area contributed by atoms with Crippen LogP contribution in [0.5, 0.6) is 0 Å². The largest absolute Gasteiger partial charge is 0.253 e. The lowest BCUT2D eigenvalue weighted by Gasteiger charge is -2.16. The maximum absolute atomic E-state index is 13.2. The van der Waals surface area contributed by atoms with E-state index in [4.69, 9.17) is 0 Å². The fourth-order valence-corrected chi connectivity index (χ4v) is 5.41. The van der Waals surface area contributed by atoms with Crippen molar-refractivity contribution in [2.24, 2.45) is 0 Å². The molecule has 2 aromatic carbocycles. The third-order valence-corrected chi connectivity index (χ3v) is 6.87. The van der Waals surface area contributed by atoms with Crippen LogP contribution in [0.3, 0.4) is 0 Å². The summed E-state index contributed by atoms with van der Waals surface area (Å²) in [4.78, 5) is 3.94. The maximum Gasteiger partial charge on any atom is 0.137 e. The first-order chi connectivity index (χ1) is 10.7. The molecule has 0 aliphatic heterocycles. The number of hydrogen-bond acceptors (Lipinski definition) is 2. The second kappa shape index (κ2) is 6.61. The molecule has 0 bridgehead atoms. The molecule has 0 N–H and O–H groups in total. The molecule has 112 valence electrons. The zero-order valence-corrected chi connectivity index (χ0v) is 13.0. The van der Waals surface area contributed by atoms with Crippen molar-refractivity contribution in [1.29, 1.82) is 0 Å². The van der Waals surface area contributed by atoms with Gasteiger partial charge in [-0.05, 0) is 30.3 Å². The molecule has 0 atom stereocenters. The topological polar surface area (TPSA) is 30.7 Å². The van der Waals surface area contributed by atoms with Crippen molar-refractivity contribution in [3.05, 3.63) is 72.8 Å². The Morgan fingerprint density at radius 2 is 1.41 bits per heavy atom. The Bertz CT molecular complexity index is 667. The van der Waals surface area contributed by atoms with Gasteiger partial charge in [0.1, 0.15) is 33.1 Å². The molecule has 3 aromatic rings. The van der Waals surface area contributed by atoms with Gasteiger partial charge < -0.3 is 0 Å². The molecule has 0 saturated heterocycles. The number of halogens is 2. The quantitative estimate of drug-likeness (QED) is 0.670. The molecule has 0 unspecified atom stereocenters. The highest BCUT2D eigenvalue weighted by molar-refractivity contribution is 6.85. The van der Waals surface area contributed by atoms with Gasteiger partial charge in [0.25, 0.3) is 0 Å². The van der Waals surface area contributed by atoms with Crippen molar-refractivity contribution < 1.29 is 8.78 Å². The zero-order valence-electron chi connectivity index (χ0n) is 11.9. The molecule has 1 aromatic heterocycles. The predicted octanol–water partition coefficient (Wildman–Crippen LogP) is 1.60. The molecule has 0 radical (unpaired) electrons. The van der Waals surface area contributed by atoms with E-state index < -0.39 is 8.80 Å². The number of rotatable bonds is 5. The van der Waals surface area contributed by atoms with E-state index in [1.807, 2.05) is 24.3 Å². The molecule has 6 heteroatoms. The molecule has 0 spiro atoms. The average molecular weight is 315 g/mol. The van der Waals surface area contributed by atoms with Gasteiger partial charge in [0.15, 0.2) is 0 Å². The van der Waals surface area contributed by atoms with Crippen molar-refractivity contribution in [3.63, 3.8) is 0 Å². The summed E-state index contributed by atoms with van der Waals surface area (Å²) in [5.41, 5.74) is 0. The molecule has 0 fully saturated rings. The summed E-state index contributed by atoms with van der Waals surface area (Å²) in [5.74, 6) is -0.487. The van der Waals surface area contributed by atoms with Crippen molar-refractivity contribution in [3.8, 4) is 0 Å². The molecule has 0 aliphatic rings. The van der Waals surface area contributed by atoms with E-state index in [0.29, 0.717) is 0 Å². The van der Waals surface area contributed by atoms with Gasteiger partial charge >= 0.3 is 0 Å². The molecule has 0 aliphatic carbocycles. The minimum Gasteiger partial charge on any atom is -0.253 e. The van der Waals surface area contributed by atoms with Crippen LogP contribution in [0.25, 0.3) is 0 Å². The molecule has 0 saturated carbocycles. The predicted molar refractivity (Wildman–Crippen MR) is 84.0 cm³/mol. The monoisotopic (exact) mass is 315 g/mol. The number of benzene rings is 2. The lowest BCUT2D eigenvalue weighted by atomic mass is 10.3. The van der Waals surface area contributed by atoms with Crippen molar-refractivity contribution in [2.75, 3.05) is 0 Å². The Morgan fingerprint density at radius 3 is 1.86 bits per heavy atom. The van der Waals surface area contributed by atoms with Gasteiger partial charge in [0.05, 0.1) is 0 Å². The number of hydrogen-bond donors (Lipinski definition) is 0. The van der Waals surface area contributed by atoms with Gasteiger partial charge in [-0.1, -0.05) is 34.6 Å². The first-order valence-electron chi connectivity index (χ1n) is 7.06. The third-order valence-electron chi connectivity index (χ3n) is 3.66. The Labute approximate surface area is 128 Å². The van der Waals surface area contributed by atoms with Gasteiger partial charge in [-0.3, -0.25) is 4.68 Å². The highest BCUT2D eigenvalue weighted by atomic mass is 28.3. The second-order valence-electron chi connectivity index (χ2n) is 5.10. The third kappa shape index (κ3) is 3.45. The van der Waals surface area contributed by atoms with E-state index in [2.05, 4.69) is 10.1 Å². The fraction of sp³-hybridized carbons (Fsp3) is 0.125. The molecule has 22 heavy (non-hydrogen) atoms. The van der Waals surface area contributed by atoms with Gasteiger partial charge in [-0.25, -0.2) is 13.8 Å². The summed E-state index contributed by atoms with van der Waals surface area (Å²) >= 11 is 0. The molecule has 3 nitrogen and oxygen atoms in total. The zero-order chi connectivity index (χ0) is 15.4. The number of aryl methyl sites for hydroxylation is 1. The first kappa shape index (κ1) is 14.6. The summed E-state index contributed by atoms with van der Waals surface area (Å²) in [6, 6.07) is 14.1. The normalized spacial score (nSPS) is 11.0. The number of nitrogens with zero attached hydrogens (tertiary/aromatic N) is 3. The number of aromatic nitrogens is 3. The molecule has 3 rings (SSSR count). The van der Waals surface area contributed by atoms with Crippen LogP contribution in [0.15, 0.2) is 61.2 Å². The SMILES string of the molecule is Fc1ccc([SiH](CCn2cncn2)c2ccc(F)cc2)cc1. The summed E-state index contributed by atoms with van der Waals surface area (Å²) in [5, 5.41) is 6.38. The molecular weight excluding hydrogens is 300 g/mol. The highest BCUT2D eigenvalue weighted by Crippen LogP contribution is 2.03. The van der Waals surface area contributed by atoms with Crippen LogP contribution in [0, 0.1) is 11.6 Å². The Balaban J connectivity index is 1.87. The van der Waals surface area contributed by atoms with E-state index in [1.54, 1.807) is 11.0 Å². The smallest absolute Gasteiger partial charge is 0.137 e. The highest BCUT2D eigenvalue weighted by Gasteiger charge is 2.17. The van der Waals surface area contributed by atoms with E-state index in [0.717, 1.165) is 23.0 Å². The van der Waals surface area contributed by atoms with Crippen LogP contribution in [0.2, 0.25) is 6.04 Å². The van der Waals surface area contributed by atoms with Crippen LogP contribution in [0.4, 0.5) is 8.78 Å². The Hall–Kier alpha value is -2.34. The lowest BCUT2D eigenvalue weighted by Crippen LogP contribution is -2.42.